The van der Waals surface area contributed by atoms with Gasteiger partial charge in [0.1, 0.15) is 0 Å². The van der Waals surface area contributed by atoms with Crippen LogP contribution in [0.3, 0.4) is 0 Å². The number of hydrogen-bond acceptors (Lipinski definition) is 5. The summed E-state index contributed by atoms with van der Waals surface area (Å²) in [5.41, 5.74) is 0.754. The monoisotopic (exact) mass is 474 g/mol. The standard InChI is InChI=1S/C22H23BrN2O3S/c1-15-12-16(2)14-25(13-15)22-21(24-20(28-22)17-6-4-3-5-7-17)29(26,27)19-10-8-18(23)9-11-19/h3-11,15-16H,12-14H2,1-2H3. The molecule has 29 heavy (non-hydrogen) atoms. The summed E-state index contributed by atoms with van der Waals surface area (Å²) in [6, 6.07) is 16.0. The van der Waals surface area contributed by atoms with E-state index in [1.54, 1.807) is 24.3 Å². The van der Waals surface area contributed by atoms with Gasteiger partial charge >= 0.3 is 0 Å². The normalized spacial score (nSPS) is 20.0. The van der Waals surface area contributed by atoms with Gasteiger partial charge in [-0.15, -0.1) is 0 Å². The first-order valence-electron chi connectivity index (χ1n) is 9.66. The third kappa shape index (κ3) is 4.12. The van der Waals surface area contributed by atoms with Crippen LogP contribution < -0.4 is 4.90 Å². The van der Waals surface area contributed by atoms with E-state index in [1.807, 2.05) is 35.2 Å². The van der Waals surface area contributed by atoms with E-state index in [0.717, 1.165) is 29.5 Å². The molecule has 1 aromatic heterocycles. The van der Waals surface area contributed by atoms with E-state index in [0.29, 0.717) is 23.6 Å². The minimum Gasteiger partial charge on any atom is -0.419 e. The minimum atomic E-state index is -3.83. The fraction of sp³-hybridized carbons (Fsp3) is 0.318. The van der Waals surface area contributed by atoms with Crippen LogP contribution in [0.2, 0.25) is 0 Å². The molecule has 152 valence electrons. The Labute approximate surface area is 179 Å². The van der Waals surface area contributed by atoms with Crippen molar-refractivity contribution < 1.29 is 12.8 Å². The first-order valence-corrected chi connectivity index (χ1v) is 11.9. The fourth-order valence-corrected chi connectivity index (χ4v) is 5.52. The van der Waals surface area contributed by atoms with Crippen LogP contribution in [-0.2, 0) is 9.84 Å². The van der Waals surface area contributed by atoms with Crippen molar-refractivity contribution in [1.82, 2.24) is 4.98 Å². The van der Waals surface area contributed by atoms with Crippen LogP contribution in [0.4, 0.5) is 5.88 Å². The summed E-state index contributed by atoms with van der Waals surface area (Å²) in [6.45, 7) is 5.85. The highest BCUT2D eigenvalue weighted by Gasteiger charge is 2.34. The molecule has 0 amide bonds. The van der Waals surface area contributed by atoms with Crippen LogP contribution in [0.5, 0.6) is 0 Å². The van der Waals surface area contributed by atoms with E-state index in [4.69, 9.17) is 4.42 Å². The highest BCUT2D eigenvalue weighted by molar-refractivity contribution is 9.10. The van der Waals surface area contributed by atoms with Gasteiger partial charge in [0.15, 0.2) is 0 Å². The van der Waals surface area contributed by atoms with Crippen molar-refractivity contribution in [3.63, 3.8) is 0 Å². The van der Waals surface area contributed by atoms with E-state index < -0.39 is 9.84 Å². The Morgan fingerprint density at radius 1 is 1.00 bits per heavy atom. The number of halogens is 1. The molecule has 0 N–H and O–H groups in total. The van der Waals surface area contributed by atoms with Gasteiger partial charge in [-0.25, -0.2) is 8.42 Å². The molecule has 0 spiro atoms. The lowest BCUT2D eigenvalue weighted by Crippen LogP contribution is -2.39. The number of piperidine rings is 1. The van der Waals surface area contributed by atoms with E-state index in [-0.39, 0.29) is 9.92 Å². The lowest BCUT2D eigenvalue weighted by atomic mass is 9.92. The molecule has 1 aliphatic rings. The number of sulfone groups is 1. The van der Waals surface area contributed by atoms with E-state index in [9.17, 15) is 8.42 Å². The van der Waals surface area contributed by atoms with Crippen molar-refractivity contribution in [1.29, 1.82) is 0 Å². The van der Waals surface area contributed by atoms with Crippen molar-refractivity contribution in [2.45, 2.75) is 30.2 Å². The highest BCUT2D eigenvalue weighted by Crippen LogP contribution is 2.37. The lowest BCUT2D eigenvalue weighted by Gasteiger charge is -2.34. The van der Waals surface area contributed by atoms with Crippen LogP contribution in [0.1, 0.15) is 20.3 Å². The smallest absolute Gasteiger partial charge is 0.236 e. The summed E-state index contributed by atoms with van der Waals surface area (Å²) in [7, 11) is -3.83. The van der Waals surface area contributed by atoms with E-state index in [1.165, 1.54) is 0 Å². The van der Waals surface area contributed by atoms with Gasteiger partial charge in [-0.1, -0.05) is 48.0 Å². The van der Waals surface area contributed by atoms with Crippen LogP contribution >= 0.6 is 15.9 Å². The molecule has 2 aromatic carbocycles. The molecule has 2 heterocycles. The first kappa shape index (κ1) is 20.2. The summed E-state index contributed by atoms with van der Waals surface area (Å²) in [5, 5.41) is -0.0139. The lowest BCUT2D eigenvalue weighted by molar-refractivity contribution is 0.342. The molecule has 2 unspecified atom stereocenters. The molecule has 1 fully saturated rings. The first-order chi connectivity index (χ1) is 13.8. The number of rotatable bonds is 4. The molecular weight excluding hydrogens is 452 g/mol. The van der Waals surface area contributed by atoms with Crippen molar-refractivity contribution in [2.24, 2.45) is 11.8 Å². The number of anilines is 1. The van der Waals surface area contributed by atoms with Gasteiger partial charge in [-0.3, -0.25) is 0 Å². The molecule has 0 saturated carbocycles. The summed E-state index contributed by atoms with van der Waals surface area (Å²) in [6.07, 6.45) is 1.12. The quantitative estimate of drug-likeness (QED) is 0.504. The fourth-order valence-electron chi connectivity index (χ4n) is 3.93. The van der Waals surface area contributed by atoms with Crippen LogP contribution in [0.15, 0.2) is 73.4 Å². The van der Waals surface area contributed by atoms with Crippen LogP contribution in [-0.4, -0.2) is 26.5 Å². The highest BCUT2D eigenvalue weighted by atomic mass is 79.9. The average Bonchev–Trinajstić information content (AvgIpc) is 3.15. The van der Waals surface area contributed by atoms with Crippen molar-refractivity contribution in [3.05, 3.63) is 59.1 Å². The number of aromatic nitrogens is 1. The van der Waals surface area contributed by atoms with Gasteiger partial charge in [0.2, 0.25) is 26.6 Å². The molecule has 0 bridgehead atoms. The Hall–Kier alpha value is -2.12. The molecule has 0 aliphatic carbocycles. The summed E-state index contributed by atoms with van der Waals surface area (Å²) in [4.78, 5) is 6.70. The van der Waals surface area contributed by atoms with Crippen molar-refractivity contribution >= 4 is 31.7 Å². The Kier molecular flexibility index (Phi) is 5.53. The van der Waals surface area contributed by atoms with Gasteiger partial charge in [-0.05, 0) is 54.7 Å². The second-order valence-corrected chi connectivity index (χ2v) is 10.6. The Balaban J connectivity index is 1.85. The van der Waals surface area contributed by atoms with Gasteiger partial charge in [-0.2, -0.15) is 4.98 Å². The summed E-state index contributed by atoms with van der Waals surface area (Å²) >= 11 is 3.36. The minimum absolute atomic E-state index is 0.0139. The van der Waals surface area contributed by atoms with Gasteiger partial charge in [0.05, 0.1) is 4.90 Å². The summed E-state index contributed by atoms with van der Waals surface area (Å²) < 4.78 is 33.8. The third-order valence-electron chi connectivity index (χ3n) is 5.13. The molecule has 3 aromatic rings. The second kappa shape index (κ2) is 7.95. The molecular formula is C22H23BrN2O3S. The zero-order chi connectivity index (χ0) is 20.6. The van der Waals surface area contributed by atoms with Crippen molar-refractivity contribution in [3.8, 4) is 11.5 Å². The van der Waals surface area contributed by atoms with Crippen LogP contribution in [0.25, 0.3) is 11.5 Å². The molecule has 1 aliphatic heterocycles. The van der Waals surface area contributed by atoms with E-state index >= 15 is 0 Å². The zero-order valence-corrected chi connectivity index (χ0v) is 18.8. The Morgan fingerprint density at radius 2 is 1.62 bits per heavy atom. The molecule has 4 rings (SSSR count). The predicted octanol–water partition coefficient (Wildman–Crippen LogP) is 5.42. The maximum atomic E-state index is 13.5. The number of nitrogens with zero attached hydrogens (tertiary/aromatic N) is 2. The predicted molar refractivity (Wildman–Crippen MR) is 117 cm³/mol. The molecule has 1 saturated heterocycles. The maximum Gasteiger partial charge on any atom is 0.236 e. The van der Waals surface area contributed by atoms with Gasteiger partial charge in [0, 0.05) is 23.1 Å². The topological polar surface area (TPSA) is 63.4 Å². The maximum absolute atomic E-state index is 13.5. The molecule has 0 radical (unpaired) electrons. The second-order valence-electron chi connectivity index (χ2n) is 7.80. The molecule has 5 nitrogen and oxygen atoms in total. The van der Waals surface area contributed by atoms with Crippen molar-refractivity contribution in [2.75, 3.05) is 18.0 Å². The van der Waals surface area contributed by atoms with E-state index in [2.05, 4.69) is 34.8 Å². The zero-order valence-electron chi connectivity index (χ0n) is 16.4. The average molecular weight is 475 g/mol. The van der Waals surface area contributed by atoms with Gasteiger partial charge < -0.3 is 9.32 Å². The molecule has 2 atom stereocenters. The summed E-state index contributed by atoms with van der Waals surface area (Å²) in [5.74, 6) is 1.56. The third-order valence-corrected chi connectivity index (χ3v) is 7.33. The molecule has 7 heteroatoms. The number of hydrogen-bond donors (Lipinski definition) is 0. The number of oxazole rings is 1. The Bertz CT molecular complexity index is 1080. The Morgan fingerprint density at radius 3 is 2.24 bits per heavy atom. The SMILES string of the molecule is CC1CC(C)CN(c2oc(-c3ccccc3)nc2S(=O)(=O)c2ccc(Br)cc2)C1. The largest absolute Gasteiger partial charge is 0.419 e. The van der Waals surface area contributed by atoms with Gasteiger partial charge in [0.25, 0.3) is 0 Å². The number of benzene rings is 2. The van der Waals surface area contributed by atoms with Crippen LogP contribution in [0, 0.1) is 11.8 Å².